The van der Waals surface area contributed by atoms with E-state index in [1.807, 2.05) is 6.20 Å². The van der Waals surface area contributed by atoms with Crippen LogP contribution in [0.4, 0.5) is 5.69 Å². The maximum atomic E-state index is 11.3. The Morgan fingerprint density at radius 3 is 2.96 bits per heavy atom. The first-order valence-corrected chi connectivity index (χ1v) is 8.68. The Morgan fingerprint density at radius 1 is 1.42 bits per heavy atom. The van der Waals surface area contributed by atoms with Crippen molar-refractivity contribution in [3.8, 4) is 0 Å². The molecule has 2 aromatic rings. The van der Waals surface area contributed by atoms with Crippen molar-refractivity contribution in [1.29, 1.82) is 0 Å². The van der Waals surface area contributed by atoms with Gasteiger partial charge in [0.05, 0.1) is 17.9 Å². The number of carbonyl (C=O) groups excluding carboxylic acids is 1. The highest BCUT2D eigenvalue weighted by atomic mass is 16.5. The number of nitrogens with one attached hydrogen (secondary N) is 3. The fourth-order valence-electron chi connectivity index (χ4n) is 3.41. The largest absolute Gasteiger partial charge is 0.375 e. The zero-order valence-corrected chi connectivity index (χ0v) is 14.7. The van der Waals surface area contributed by atoms with E-state index in [4.69, 9.17) is 4.74 Å². The smallest absolute Gasteiger partial charge is 0.221 e. The summed E-state index contributed by atoms with van der Waals surface area (Å²) >= 11 is 0. The van der Waals surface area contributed by atoms with Crippen LogP contribution >= 0.6 is 0 Å². The molecule has 1 fully saturated rings. The highest BCUT2D eigenvalue weighted by Gasteiger charge is 2.32. The maximum Gasteiger partial charge on any atom is 0.221 e. The molecule has 3 rings (SSSR count). The molecule has 1 aromatic heterocycles. The van der Waals surface area contributed by atoms with Crippen molar-refractivity contribution < 1.29 is 9.53 Å². The molecule has 1 saturated heterocycles. The minimum absolute atomic E-state index is 0.0587. The van der Waals surface area contributed by atoms with Gasteiger partial charge in [-0.05, 0) is 50.9 Å². The molecule has 24 heavy (non-hydrogen) atoms. The van der Waals surface area contributed by atoms with E-state index in [-0.39, 0.29) is 11.5 Å². The summed E-state index contributed by atoms with van der Waals surface area (Å²) in [7, 11) is 0. The molecule has 1 unspecified atom stereocenters. The lowest BCUT2D eigenvalue weighted by molar-refractivity contribution is -0.114. The van der Waals surface area contributed by atoms with Gasteiger partial charge in [0, 0.05) is 36.5 Å². The van der Waals surface area contributed by atoms with Crippen LogP contribution in [0.2, 0.25) is 0 Å². The first-order valence-electron chi connectivity index (χ1n) is 8.68. The molecule has 1 amide bonds. The summed E-state index contributed by atoms with van der Waals surface area (Å²) in [4.78, 5) is 14.5. The summed E-state index contributed by atoms with van der Waals surface area (Å²) in [6, 6.07) is 6.30. The monoisotopic (exact) mass is 329 g/mol. The minimum Gasteiger partial charge on any atom is -0.375 e. The maximum absolute atomic E-state index is 11.3. The first kappa shape index (κ1) is 17.0. The second-order valence-corrected chi connectivity index (χ2v) is 7.16. The predicted octanol–water partition coefficient (Wildman–Crippen LogP) is 3.07. The standard InChI is InChI=1S/C19H27N3O2/c1-13(23)22-18-12-21-17-5-4-14(10-16(17)18)7-9-24-19(2,3)15-6-8-20-11-15/h4-5,10,12,15,20-21H,6-9,11H2,1-3H3,(H,22,23). The summed E-state index contributed by atoms with van der Waals surface area (Å²) in [5, 5.41) is 7.32. The van der Waals surface area contributed by atoms with Crippen LogP contribution in [0, 0.1) is 5.92 Å². The zero-order valence-electron chi connectivity index (χ0n) is 14.7. The molecular formula is C19H27N3O2. The van der Waals surface area contributed by atoms with Crippen molar-refractivity contribution in [3.05, 3.63) is 30.0 Å². The molecule has 5 heteroatoms. The van der Waals surface area contributed by atoms with Gasteiger partial charge in [0.1, 0.15) is 0 Å². The predicted molar refractivity (Wildman–Crippen MR) is 97.3 cm³/mol. The lowest BCUT2D eigenvalue weighted by atomic mass is 9.90. The summed E-state index contributed by atoms with van der Waals surface area (Å²) < 4.78 is 6.19. The van der Waals surface area contributed by atoms with Gasteiger partial charge in [0.25, 0.3) is 0 Å². The number of aromatic amines is 1. The van der Waals surface area contributed by atoms with Gasteiger partial charge < -0.3 is 20.4 Å². The third-order valence-corrected chi connectivity index (χ3v) is 4.97. The van der Waals surface area contributed by atoms with Gasteiger partial charge in [-0.2, -0.15) is 0 Å². The molecule has 1 aromatic carbocycles. The molecule has 3 N–H and O–H groups in total. The lowest BCUT2D eigenvalue weighted by Gasteiger charge is -2.31. The van der Waals surface area contributed by atoms with Crippen LogP contribution < -0.4 is 10.6 Å². The molecule has 0 bridgehead atoms. The topological polar surface area (TPSA) is 66.2 Å². The van der Waals surface area contributed by atoms with Crippen LogP contribution in [0.1, 0.15) is 32.8 Å². The van der Waals surface area contributed by atoms with Gasteiger partial charge in [-0.1, -0.05) is 6.07 Å². The number of rotatable bonds is 6. The van der Waals surface area contributed by atoms with Crippen molar-refractivity contribution in [2.75, 3.05) is 25.0 Å². The number of aromatic nitrogens is 1. The fraction of sp³-hybridized carbons (Fsp3) is 0.526. The summed E-state index contributed by atoms with van der Waals surface area (Å²) in [5.74, 6) is 0.521. The van der Waals surface area contributed by atoms with Gasteiger partial charge in [0.2, 0.25) is 5.91 Å². The van der Waals surface area contributed by atoms with Crippen LogP contribution in [0.3, 0.4) is 0 Å². The highest BCUT2D eigenvalue weighted by Crippen LogP contribution is 2.28. The van der Waals surface area contributed by atoms with Crippen molar-refractivity contribution in [3.63, 3.8) is 0 Å². The molecule has 1 aliphatic rings. The molecule has 0 aliphatic carbocycles. The number of carbonyl (C=O) groups is 1. The molecule has 5 nitrogen and oxygen atoms in total. The molecule has 130 valence electrons. The Morgan fingerprint density at radius 2 is 2.25 bits per heavy atom. The van der Waals surface area contributed by atoms with E-state index in [2.05, 4.69) is 47.7 Å². The number of benzene rings is 1. The average molecular weight is 329 g/mol. The van der Waals surface area contributed by atoms with Gasteiger partial charge in [0.15, 0.2) is 0 Å². The lowest BCUT2D eigenvalue weighted by Crippen LogP contribution is -2.36. The number of ether oxygens (including phenoxy) is 1. The van der Waals surface area contributed by atoms with E-state index in [1.165, 1.54) is 18.9 Å². The molecule has 0 saturated carbocycles. The van der Waals surface area contributed by atoms with E-state index in [0.717, 1.165) is 36.1 Å². The van der Waals surface area contributed by atoms with E-state index < -0.39 is 0 Å². The number of hydrogen-bond acceptors (Lipinski definition) is 3. The minimum atomic E-state index is -0.0942. The van der Waals surface area contributed by atoms with Crippen LogP contribution in [0.15, 0.2) is 24.4 Å². The second-order valence-electron chi connectivity index (χ2n) is 7.16. The van der Waals surface area contributed by atoms with Gasteiger partial charge in [-0.3, -0.25) is 4.79 Å². The van der Waals surface area contributed by atoms with Crippen molar-refractivity contribution in [2.24, 2.45) is 5.92 Å². The van der Waals surface area contributed by atoms with Crippen LogP contribution in [-0.2, 0) is 16.0 Å². The molecular weight excluding hydrogens is 302 g/mol. The zero-order chi connectivity index (χ0) is 17.2. The van der Waals surface area contributed by atoms with E-state index in [9.17, 15) is 4.79 Å². The molecule has 1 aliphatic heterocycles. The fourth-order valence-corrected chi connectivity index (χ4v) is 3.41. The summed E-state index contributed by atoms with van der Waals surface area (Å²) in [6.45, 7) is 8.74. The van der Waals surface area contributed by atoms with Crippen LogP contribution in [0.25, 0.3) is 10.9 Å². The van der Waals surface area contributed by atoms with Gasteiger partial charge in [-0.15, -0.1) is 0 Å². The van der Waals surface area contributed by atoms with E-state index in [1.54, 1.807) is 0 Å². The number of H-pyrrole nitrogens is 1. The third kappa shape index (κ3) is 3.79. The summed E-state index contributed by atoms with van der Waals surface area (Å²) in [6.07, 6.45) is 3.88. The Hall–Kier alpha value is -1.85. The Bertz CT molecular complexity index is 714. The Kier molecular flexibility index (Phi) is 4.92. The first-order chi connectivity index (χ1) is 11.5. The molecule has 0 spiro atoms. The second kappa shape index (κ2) is 6.95. The van der Waals surface area contributed by atoms with E-state index >= 15 is 0 Å². The number of anilines is 1. The quantitative estimate of drug-likeness (QED) is 0.763. The highest BCUT2D eigenvalue weighted by molar-refractivity contribution is 6.01. The Labute approximate surface area is 143 Å². The van der Waals surface area contributed by atoms with Crippen LogP contribution in [-0.4, -0.2) is 36.2 Å². The third-order valence-electron chi connectivity index (χ3n) is 4.97. The average Bonchev–Trinajstić information content (AvgIpc) is 3.17. The molecule has 1 atom stereocenters. The Balaban J connectivity index is 1.63. The number of fused-ring (bicyclic) bond motifs is 1. The van der Waals surface area contributed by atoms with Crippen molar-refractivity contribution in [2.45, 2.75) is 39.2 Å². The van der Waals surface area contributed by atoms with Gasteiger partial charge in [-0.25, -0.2) is 0 Å². The number of amides is 1. The molecule has 2 heterocycles. The van der Waals surface area contributed by atoms with Gasteiger partial charge >= 0.3 is 0 Å². The van der Waals surface area contributed by atoms with E-state index in [0.29, 0.717) is 12.5 Å². The van der Waals surface area contributed by atoms with Crippen molar-refractivity contribution in [1.82, 2.24) is 10.3 Å². The summed E-state index contributed by atoms with van der Waals surface area (Å²) in [5.41, 5.74) is 2.98. The van der Waals surface area contributed by atoms with Crippen molar-refractivity contribution >= 4 is 22.5 Å². The van der Waals surface area contributed by atoms with Crippen LogP contribution in [0.5, 0.6) is 0 Å². The number of hydrogen-bond donors (Lipinski definition) is 3. The SMILES string of the molecule is CC(=O)Nc1c[nH]c2ccc(CCOC(C)(C)C3CCNC3)cc12. The normalized spacial score (nSPS) is 18.2. The molecule has 0 radical (unpaired) electrons.